The molecule has 0 spiro atoms. The third-order valence-electron chi connectivity index (χ3n) is 8.96. The first-order valence-corrected chi connectivity index (χ1v) is 14.8. The summed E-state index contributed by atoms with van der Waals surface area (Å²) in [5.74, 6) is -13.7. The van der Waals surface area contributed by atoms with Crippen molar-refractivity contribution in [3.8, 4) is 0 Å². The molecule has 5 rings (SSSR count). The fraction of sp³-hybridized carbons (Fsp3) is 0.750. The summed E-state index contributed by atoms with van der Waals surface area (Å²) in [7, 11) is 0. The molecule has 44 heavy (non-hydrogen) atoms. The number of carbonyl (C=O) groups is 5. The predicted molar refractivity (Wildman–Crippen MR) is 140 cm³/mol. The van der Waals surface area contributed by atoms with Gasteiger partial charge >= 0.3 is 18.1 Å². The number of nitrogens with zero attached hydrogens (tertiary/aromatic N) is 1. The zero-order chi connectivity index (χ0) is 32.4. The Bertz CT molecular complexity index is 1180. The van der Waals surface area contributed by atoms with Crippen molar-refractivity contribution in [1.29, 1.82) is 0 Å². The minimum Gasteiger partial charge on any atom is -0.461 e. The van der Waals surface area contributed by atoms with Crippen molar-refractivity contribution in [2.24, 2.45) is 17.8 Å². The number of fused-ring (bicyclic) bond motifs is 3. The number of hydrogen-bond donors (Lipinski definition) is 3. The van der Waals surface area contributed by atoms with Crippen molar-refractivity contribution in [2.75, 3.05) is 13.2 Å². The predicted octanol–water partition coefficient (Wildman–Crippen LogP) is 2.67. The highest BCUT2D eigenvalue weighted by Crippen LogP contribution is 2.49. The van der Waals surface area contributed by atoms with Gasteiger partial charge in [0.15, 0.2) is 0 Å². The van der Waals surface area contributed by atoms with Crippen LogP contribution in [0.15, 0.2) is 11.9 Å². The average molecular weight is 639 g/mol. The van der Waals surface area contributed by atoms with Crippen molar-refractivity contribution < 1.29 is 55.1 Å². The molecule has 3 heterocycles. The van der Waals surface area contributed by atoms with E-state index in [2.05, 4.69) is 15.4 Å². The molecule has 0 aromatic carbocycles. The maximum atomic E-state index is 15.2. The molecule has 0 aromatic heterocycles. The van der Waals surface area contributed by atoms with Crippen LogP contribution in [-0.2, 0) is 28.7 Å². The minimum atomic E-state index is -5.31. The van der Waals surface area contributed by atoms with E-state index in [9.17, 15) is 41.5 Å². The number of carbonyl (C=O) groups excluding carboxylic acids is 5. The maximum Gasteiger partial charge on any atom is 0.471 e. The second-order valence-electron chi connectivity index (χ2n) is 11.9. The van der Waals surface area contributed by atoms with Crippen LogP contribution in [0.5, 0.6) is 0 Å². The van der Waals surface area contributed by atoms with Crippen LogP contribution in [0.2, 0.25) is 0 Å². The van der Waals surface area contributed by atoms with E-state index in [1.54, 1.807) is 5.32 Å². The van der Waals surface area contributed by atoms with Crippen molar-refractivity contribution >= 4 is 29.6 Å². The van der Waals surface area contributed by atoms with Crippen molar-refractivity contribution in [1.82, 2.24) is 20.9 Å². The molecule has 4 amide bonds. The van der Waals surface area contributed by atoms with E-state index in [1.807, 2.05) is 0 Å². The molecule has 0 unspecified atom stereocenters. The standard InChI is InChI=1S/C28H36F6N4O6/c1-2-44-25(42)19(29)12-16(11-15-8-9-35-22(15)39)36-23(40)21-18-7-6-17(13-27(18,30)31)38(21)24(41)20(10-14-4-3-5-14)37-26(43)28(32,33)34/h12,14-18,20-21H,2-11,13H2,1H3,(H,35,39)(H,36,40)(H,37,43)/b19-12+/t15-,16-,17+,18+,20+,21-/m1/s1. The van der Waals surface area contributed by atoms with Gasteiger partial charge in [-0.2, -0.15) is 17.6 Å². The third kappa shape index (κ3) is 7.48. The molecule has 2 saturated carbocycles. The fourth-order valence-electron chi connectivity index (χ4n) is 6.59. The molecular formula is C28H36F6N4O6. The van der Waals surface area contributed by atoms with Crippen LogP contribution in [0.4, 0.5) is 26.3 Å². The number of halogens is 6. The monoisotopic (exact) mass is 638 g/mol. The number of nitrogens with one attached hydrogen (secondary N) is 3. The highest BCUT2D eigenvalue weighted by atomic mass is 19.4. The van der Waals surface area contributed by atoms with Gasteiger partial charge in [0.25, 0.3) is 5.92 Å². The third-order valence-corrected chi connectivity index (χ3v) is 8.96. The van der Waals surface area contributed by atoms with Crippen LogP contribution < -0.4 is 16.0 Å². The fourth-order valence-corrected chi connectivity index (χ4v) is 6.59. The van der Waals surface area contributed by atoms with Gasteiger partial charge in [0.05, 0.1) is 18.6 Å². The lowest BCUT2D eigenvalue weighted by Gasteiger charge is -2.54. The van der Waals surface area contributed by atoms with Crippen LogP contribution in [0.25, 0.3) is 0 Å². The zero-order valence-corrected chi connectivity index (χ0v) is 24.1. The molecule has 5 aliphatic rings. The highest BCUT2D eigenvalue weighted by molar-refractivity contribution is 5.94. The summed E-state index contributed by atoms with van der Waals surface area (Å²) in [6, 6.07) is -6.15. The van der Waals surface area contributed by atoms with E-state index in [1.165, 1.54) is 6.92 Å². The van der Waals surface area contributed by atoms with E-state index >= 15 is 8.78 Å². The Morgan fingerprint density at radius 2 is 1.80 bits per heavy atom. The molecule has 6 atom stereocenters. The molecule has 3 N–H and O–H groups in total. The molecule has 3 saturated heterocycles. The van der Waals surface area contributed by atoms with Gasteiger partial charge in [-0.1, -0.05) is 19.3 Å². The first-order valence-electron chi connectivity index (χ1n) is 14.8. The SMILES string of the molecule is CCOC(=O)/C(F)=C\[C@@H](C[C@H]1CCNC1=O)NC(=O)[C@H]1[C@@H]2CC[C@@H](CC2(F)F)N1C(=O)[C@H](CC1CCC1)NC(=O)C(F)(F)F. The van der Waals surface area contributed by atoms with Gasteiger partial charge in [-0.05, 0) is 51.0 Å². The quantitative estimate of drug-likeness (QED) is 0.181. The number of ether oxygens (including phenoxy) is 1. The van der Waals surface area contributed by atoms with Gasteiger partial charge in [-0.25, -0.2) is 13.6 Å². The molecule has 246 valence electrons. The van der Waals surface area contributed by atoms with Gasteiger partial charge in [-0.3, -0.25) is 19.2 Å². The van der Waals surface area contributed by atoms with E-state index < -0.39 is 89.9 Å². The molecule has 16 heteroatoms. The van der Waals surface area contributed by atoms with Crippen LogP contribution in [0, 0.1) is 17.8 Å². The molecule has 5 fully saturated rings. The summed E-state index contributed by atoms with van der Waals surface area (Å²) in [6.45, 7) is 1.58. The van der Waals surface area contributed by atoms with Crippen LogP contribution in [-0.4, -0.2) is 83.9 Å². The topological polar surface area (TPSA) is 134 Å². The largest absolute Gasteiger partial charge is 0.471 e. The highest BCUT2D eigenvalue weighted by Gasteiger charge is 2.61. The number of hydrogen-bond acceptors (Lipinski definition) is 6. The Morgan fingerprint density at radius 3 is 2.34 bits per heavy atom. The minimum absolute atomic E-state index is 0.0577. The smallest absolute Gasteiger partial charge is 0.461 e. The van der Waals surface area contributed by atoms with Gasteiger partial charge in [0, 0.05) is 24.9 Å². The van der Waals surface area contributed by atoms with Gasteiger partial charge < -0.3 is 25.6 Å². The molecule has 10 nitrogen and oxygen atoms in total. The number of alkyl halides is 5. The van der Waals surface area contributed by atoms with E-state index in [0.29, 0.717) is 31.9 Å². The van der Waals surface area contributed by atoms with E-state index in [0.717, 1.165) is 11.3 Å². The Morgan fingerprint density at radius 1 is 1.09 bits per heavy atom. The average Bonchev–Trinajstić information content (AvgIpc) is 3.31. The van der Waals surface area contributed by atoms with E-state index in [-0.39, 0.29) is 38.2 Å². The van der Waals surface area contributed by atoms with Crippen molar-refractivity contribution in [3.05, 3.63) is 11.9 Å². The van der Waals surface area contributed by atoms with E-state index in [4.69, 9.17) is 0 Å². The first kappa shape index (κ1) is 33.6. The van der Waals surface area contributed by atoms with Crippen molar-refractivity contribution in [3.63, 3.8) is 0 Å². The van der Waals surface area contributed by atoms with Crippen LogP contribution in [0.3, 0.4) is 0 Å². The first-order chi connectivity index (χ1) is 20.6. The Balaban J connectivity index is 1.64. The molecule has 0 aromatic rings. The number of amides is 4. The van der Waals surface area contributed by atoms with Gasteiger partial charge in [0.1, 0.15) is 12.1 Å². The zero-order valence-electron chi connectivity index (χ0n) is 24.1. The Kier molecular flexibility index (Phi) is 10.2. The normalized spacial score (nSPS) is 28.0. The lowest BCUT2D eigenvalue weighted by atomic mass is 9.71. The lowest BCUT2D eigenvalue weighted by molar-refractivity contribution is -0.196. The summed E-state index contributed by atoms with van der Waals surface area (Å²) >= 11 is 0. The summed E-state index contributed by atoms with van der Waals surface area (Å²) in [5, 5.41) is 6.69. The second-order valence-corrected chi connectivity index (χ2v) is 11.9. The summed E-state index contributed by atoms with van der Waals surface area (Å²) in [4.78, 5) is 64.4. The molecule has 0 radical (unpaired) electrons. The number of esters is 1. The molecule has 2 aliphatic carbocycles. The van der Waals surface area contributed by atoms with Gasteiger partial charge in [0.2, 0.25) is 23.5 Å². The summed E-state index contributed by atoms with van der Waals surface area (Å²) in [5.41, 5.74) is 0. The van der Waals surface area contributed by atoms with Crippen LogP contribution >= 0.6 is 0 Å². The molecular weight excluding hydrogens is 602 g/mol. The van der Waals surface area contributed by atoms with Crippen molar-refractivity contribution in [2.45, 2.75) is 101 Å². The Labute approximate surface area is 249 Å². The molecule has 3 aliphatic heterocycles. The summed E-state index contributed by atoms with van der Waals surface area (Å²) < 4.78 is 89.1. The Hall–Kier alpha value is -3.33. The number of piperidine rings is 2. The van der Waals surface area contributed by atoms with Gasteiger partial charge in [-0.15, -0.1) is 0 Å². The lowest BCUT2D eigenvalue weighted by Crippen LogP contribution is -2.71. The second kappa shape index (κ2) is 13.3. The van der Waals surface area contributed by atoms with Crippen LogP contribution in [0.1, 0.15) is 64.7 Å². The summed E-state index contributed by atoms with van der Waals surface area (Å²) in [6.07, 6.45) is -3.60. The number of rotatable bonds is 11. The molecule has 2 bridgehead atoms. The maximum absolute atomic E-state index is 15.2.